The second-order valence-electron chi connectivity index (χ2n) is 9.43. The predicted molar refractivity (Wildman–Crippen MR) is 90.1 cm³/mol. The van der Waals surface area contributed by atoms with Crippen LogP contribution in [0.25, 0.3) is 0 Å². The van der Waals surface area contributed by atoms with E-state index < -0.39 is 0 Å². The Bertz CT molecular complexity index is 491. The van der Waals surface area contributed by atoms with Crippen molar-refractivity contribution in [2.24, 2.45) is 40.4 Å². The van der Waals surface area contributed by atoms with Gasteiger partial charge in [-0.15, -0.1) is 12.3 Å². The number of aliphatic hydroxyl groups is 1. The minimum Gasteiger partial charge on any atom is -0.393 e. The molecule has 4 aliphatic rings. The molecule has 0 amide bonds. The van der Waals surface area contributed by atoms with Crippen LogP contribution in [0.15, 0.2) is 0 Å². The molecule has 4 saturated carbocycles. The zero-order valence-corrected chi connectivity index (χ0v) is 14.4. The van der Waals surface area contributed by atoms with Gasteiger partial charge in [0.1, 0.15) is 0 Å². The predicted octanol–water partition coefficient (Wildman–Crippen LogP) is 4.64. The first kappa shape index (κ1) is 15.1. The minimum absolute atomic E-state index is 0.0271. The van der Waals surface area contributed by atoms with Gasteiger partial charge in [0.25, 0.3) is 0 Å². The van der Waals surface area contributed by atoms with Crippen LogP contribution in [0.2, 0.25) is 0 Å². The third-order valence-corrected chi connectivity index (χ3v) is 8.84. The number of terminal acetylenes is 1. The second-order valence-corrected chi connectivity index (χ2v) is 9.43. The van der Waals surface area contributed by atoms with Crippen molar-refractivity contribution in [1.29, 1.82) is 0 Å². The molecule has 1 nitrogen and oxygen atoms in total. The van der Waals surface area contributed by atoms with Crippen molar-refractivity contribution < 1.29 is 5.11 Å². The fraction of sp³-hybridized carbons (Fsp3) is 0.905. The summed E-state index contributed by atoms with van der Waals surface area (Å²) in [6.07, 6.45) is 17.3. The topological polar surface area (TPSA) is 20.2 Å². The molecule has 0 aromatic carbocycles. The quantitative estimate of drug-likeness (QED) is 0.646. The van der Waals surface area contributed by atoms with Crippen molar-refractivity contribution in [1.82, 2.24) is 0 Å². The van der Waals surface area contributed by atoms with Gasteiger partial charge in [-0.25, -0.2) is 0 Å². The Morgan fingerprint density at radius 1 is 0.909 bits per heavy atom. The van der Waals surface area contributed by atoms with Crippen LogP contribution in [-0.2, 0) is 0 Å². The standard InChI is InChI=1S/C21H32O/c1-4-14-6-8-18-17-7-5-15-13-16(22)9-11-21(15,3)19(17)10-12-20(14,18)2/h1,14-19,22H,5-13H2,2-3H3. The van der Waals surface area contributed by atoms with Gasteiger partial charge >= 0.3 is 0 Å². The molecule has 1 heteroatoms. The maximum atomic E-state index is 10.1. The van der Waals surface area contributed by atoms with Crippen LogP contribution in [0, 0.1) is 52.8 Å². The zero-order valence-electron chi connectivity index (χ0n) is 14.4. The number of hydrogen-bond acceptors (Lipinski definition) is 1. The molecule has 0 aromatic rings. The summed E-state index contributed by atoms with van der Waals surface area (Å²) in [6.45, 7) is 5.07. The highest BCUT2D eigenvalue weighted by molar-refractivity contribution is 5.14. The van der Waals surface area contributed by atoms with Gasteiger partial charge in [0.2, 0.25) is 0 Å². The maximum absolute atomic E-state index is 10.1. The molecule has 4 rings (SSSR count). The highest BCUT2D eigenvalue weighted by Gasteiger charge is 2.59. The Hall–Kier alpha value is -0.480. The van der Waals surface area contributed by atoms with Gasteiger partial charge in [-0.2, -0.15) is 0 Å². The molecule has 0 heterocycles. The fourth-order valence-corrected chi connectivity index (χ4v) is 7.51. The first-order chi connectivity index (χ1) is 10.5. The summed E-state index contributed by atoms with van der Waals surface area (Å²) in [5, 5.41) is 10.1. The van der Waals surface area contributed by atoms with E-state index in [1.807, 2.05) is 0 Å². The van der Waals surface area contributed by atoms with Gasteiger partial charge in [0.05, 0.1) is 6.10 Å². The molecule has 4 fully saturated rings. The van der Waals surface area contributed by atoms with Crippen molar-refractivity contribution in [3.05, 3.63) is 0 Å². The fourth-order valence-electron chi connectivity index (χ4n) is 7.51. The summed E-state index contributed by atoms with van der Waals surface area (Å²) >= 11 is 0. The summed E-state index contributed by atoms with van der Waals surface area (Å²) in [5.74, 6) is 7.11. The summed E-state index contributed by atoms with van der Waals surface area (Å²) in [4.78, 5) is 0. The van der Waals surface area contributed by atoms with Crippen LogP contribution < -0.4 is 0 Å². The van der Waals surface area contributed by atoms with E-state index in [-0.39, 0.29) is 6.10 Å². The van der Waals surface area contributed by atoms with Crippen LogP contribution in [0.5, 0.6) is 0 Å². The van der Waals surface area contributed by atoms with E-state index in [4.69, 9.17) is 6.42 Å². The lowest BCUT2D eigenvalue weighted by Crippen LogP contribution is -2.53. The lowest BCUT2D eigenvalue weighted by atomic mass is 9.44. The van der Waals surface area contributed by atoms with Crippen LogP contribution >= 0.6 is 0 Å². The molecule has 0 aromatic heterocycles. The monoisotopic (exact) mass is 300 g/mol. The third-order valence-electron chi connectivity index (χ3n) is 8.84. The van der Waals surface area contributed by atoms with E-state index >= 15 is 0 Å². The Labute approximate surface area is 136 Å². The Balaban J connectivity index is 1.62. The van der Waals surface area contributed by atoms with Crippen molar-refractivity contribution in [3.63, 3.8) is 0 Å². The van der Waals surface area contributed by atoms with E-state index in [0.29, 0.717) is 16.7 Å². The molecule has 0 bridgehead atoms. The highest BCUT2D eigenvalue weighted by Crippen LogP contribution is 2.67. The average molecular weight is 300 g/mol. The molecule has 0 aliphatic heterocycles. The van der Waals surface area contributed by atoms with Crippen molar-refractivity contribution in [3.8, 4) is 12.3 Å². The molecule has 8 unspecified atom stereocenters. The van der Waals surface area contributed by atoms with Crippen LogP contribution in [0.3, 0.4) is 0 Å². The smallest absolute Gasteiger partial charge is 0.0543 e. The number of aliphatic hydroxyl groups excluding tert-OH is 1. The van der Waals surface area contributed by atoms with Crippen molar-refractivity contribution in [2.75, 3.05) is 0 Å². The summed E-state index contributed by atoms with van der Waals surface area (Å²) in [7, 11) is 0. The summed E-state index contributed by atoms with van der Waals surface area (Å²) in [5.41, 5.74) is 0.922. The van der Waals surface area contributed by atoms with Gasteiger partial charge < -0.3 is 5.11 Å². The normalized spacial score (nSPS) is 57.4. The van der Waals surface area contributed by atoms with E-state index in [1.165, 1.54) is 44.9 Å². The van der Waals surface area contributed by atoms with Crippen LogP contribution in [-0.4, -0.2) is 11.2 Å². The SMILES string of the molecule is C#CC1CCC2C3CCC4CC(O)CCC4(C)C3CCC12C. The molecule has 0 saturated heterocycles. The van der Waals surface area contributed by atoms with Crippen LogP contribution in [0.1, 0.15) is 71.6 Å². The molecule has 0 radical (unpaired) electrons. The lowest BCUT2D eigenvalue weighted by molar-refractivity contribution is -0.124. The number of hydrogen-bond donors (Lipinski definition) is 1. The first-order valence-corrected chi connectivity index (χ1v) is 9.63. The molecule has 8 atom stereocenters. The van der Waals surface area contributed by atoms with Gasteiger partial charge in [0, 0.05) is 5.92 Å². The zero-order chi connectivity index (χ0) is 15.5. The summed E-state index contributed by atoms with van der Waals surface area (Å²) in [6, 6.07) is 0. The van der Waals surface area contributed by atoms with Crippen molar-refractivity contribution >= 4 is 0 Å². The number of rotatable bonds is 0. The van der Waals surface area contributed by atoms with Gasteiger partial charge in [0.15, 0.2) is 0 Å². The molecular formula is C21H32O. The van der Waals surface area contributed by atoms with E-state index in [9.17, 15) is 5.11 Å². The van der Waals surface area contributed by atoms with E-state index in [1.54, 1.807) is 0 Å². The molecule has 1 N–H and O–H groups in total. The second kappa shape index (κ2) is 5.01. The van der Waals surface area contributed by atoms with E-state index in [0.717, 1.165) is 36.5 Å². The van der Waals surface area contributed by atoms with Crippen LogP contribution in [0.4, 0.5) is 0 Å². The van der Waals surface area contributed by atoms with Crippen molar-refractivity contribution in [2.45, 2.75) is 77.7 Å². The molecule has 22 heavy (non-hydrogen) atoms. The first-order valence-electron chi connectivity index (χ1n) is 9.63. The van der Waals surface area contributed by atoms with E-state index in [2.05, 4.69) is 19.8 Å². The van der Waals surface area contributed by atoms with Gasteiger partial charge in [-0.1, -0.05) is 13.8 Å². The molecule has 4 aliphatic carbocycles. The highest BCUT2D eigenvalue weighted by atomic mass is 16.3. The average Bonchev–Trinajstić information content (AvgIpc) is 2.84. The largest absolute Gasteiger partial charge is 0.393 e. The lowest BCUT2D eigenvalue weighted by Gasteiger charge is -2.60. The number of fused-ring (bicyclic) bond motifs is 5. The molecule has 0 spiro atoms. The molecule has 122 valence electrons. The minimum atomic E-state index is -0.0271. The molecular weight excluding hydrogens is 268 g/mol. The van der Waals surface area contributed by atoms with Gasteiger partial charge in [-0.05, 0) is 92.3 Å². The Kier molecular flexibility index (Phi) is 3.43. The Morgan fingerprint density at radius 3 is 2.41 bits per heavy atom. The Morgan fingerprint density at radius 2 is 1.64 bits per heavy atom. The summed E-state index contributed by atoms with van der Waals surface area (Å²) < 4.78 is 0. The maximum Gasteiger partial charge on any atom is 0.0543 e. The third kappa shape index (κ3) is 1.89. The van der Waals surface area contributed by atoms with Gasteiger partial charge in [-0.3, -0.25) is 0 Å².